The number of rotatable bonds is 8. The second kappa shape index (κ2) is 10.8. The largest absolute Gasteiger partial charge is 0.356 e. The van der Waals surface area contributed by atoms with Crippen LogP contribution in [0, 0.1) is 23.1 Å². The number of para-hydroxylation sites is 1. The number of aromatic nitrogens is 1. The average Bonchev–Trinajstić information content (AvgIpc) is 3.30. The molecule has 35 heavy (non-hydrogen) atoms. The van der Waals surface area contributed by atoms with Crippen molar-refractivity contribution in [2.75, 3.05) is 6.54 Å². The Kier molecular flexibility index (Phi) is 7.41. The number of piperidine rings is 1. The monoisotopic (exact) mass is 475 g/mol. The lowest BCUT2D eigenvalue weighted by atomic mass is 9.92. The Morgan fingerprint density at radius 1 is 1.14 bits per heavy atom. The third kappa shape index (κ3) is 6.03. The highest BCUT2D eigenvalue weighted by molar-refractivity contribution is 6.00. The van der Waals surface area contributed by atoms with E-state index in [1.807, 2.05) is 30.3 Å². The molecule has 1 fully saturated rings. The minimum absolute atomic E-state index is 0.0974. The number of nitriles is 1. The molecule has 3 aromatic rings. The Labute approximate surface area is 201 Å². The molecule has 3 atom stereocenters. The number of nitrogens with one attached hydrogen (secondary N) is 4. The number of H-pyrrole nitrogens is 1. The molecule has 2 heterocycles. The zero-order valence-corrected chi connectivity index (χ0v) is 19.0. The van der Waals surface area contributed by atoms with E-state index in [1.54, 1.807) is 18.2 Å². The highest BCUT2D eigenvalue weighted by Crippen LogP contribution is 2.18. The molecule has 1 aromatic heterocycles. The summed E-state index contributed by atoms with van der Waals surface area (Å²) in [5.41, 5.74) is 1.72. The fourth-order valence-corrected chi connectivity index (χ4v) is 4.26. The molecule has 2 aromatic carbocycles. The van der Waals surface area contributed by atoms with Crippen molar-refractivity contribution in [2.24, 2.45) is 5.92 Å². The zero-order chi connectivity index (χ0) is 24.8. The highest BCUT2D eigenvalue weighted by Gasteiger charge is 2.29. The van der Waals surface area contributed by atoms with Gasteiger partial charge in [0.1, 0.15) is 23.6 Å². The van der Waals surface area contributed by atoms with Crippen LogP contribution in [0.25, 0.3) is 10.9 Å². The smallest absolute Gasteiger partial charge is 0.268 e. The quantitative estimate of drug-likeness (QED) is 0.399. The summed E-state index contributed by atoms with van der Waals surface area (Å²) >= 11 is 0. The van der Waals surface area contributed by atoms with E-state index >= 15 is 0 Å². The molecule has 3 unspecified atom stereocenters. The van der Waals surface area contributed by atoms with Crippen LogP contribution in [0.3, 0.4) is 0 Å². The van der Waals surface area contributed by atoms with Gasteiger partial charge in [-0.2, -0.15) is 5.26 Å². The number of fused-ring (bicyclic) bond motifs is 1. The summed E-state index contributed by atoms with van der Waals surface area (Å²) in [6.45, 7) is 0.610. The number of hydrogen-bond donors (Lipinski definition) is 4. The van der Waals surface area contributed by atoms with E-state index in [9.17, 15) is 24.0 Å². The molecule has 0 saturated carbocycles. The number of halogens is 1. The van der Waals surface area contributed by atoms with Gasteiger partial charge in [0.2, 0.25) is 11.8 Å². The van der Waals surface area contributed by atoms with E-state index in [0.717, 1.165) is 17.3 Å². The minimum Gasteiger partial charge on any atom is -0.356 e. The van der Waals surface area contributed by atoms with Gasteiger partial charge in [-0.25, -0.2) is 4.39 Å². The number of carbonyl (C=O) groups excluding carboxylic acids is 3. The summed E-state index contributed by atoms with van der Waals surface area (Å²) in [4.78, 5) is 41.3. The van der Waals surface area contributed by atoms with Gasteiger partial charge in [-0.3, -0.25) is 14.4 Å². The first-order valence-electron chi connectivity index (χ1n) is 11.5. The second-order valence-electron chi connectivity index (χ2n) is 8.68. The summed E-state index contributed by atoms with van der Waals surface area (Å²) in [6, 6.07) is 14.9. The Bertz CT molecular complexity index is 1230. The van der Waals surface area contributed by atoms with E-state index in [-0.39, 0.29) is 24.7 Å². The summed E-state index contributed by atoms with van der Waals surface area (Å²) < 4.78 is 13.4. The van der Waals surface area contributed by atoms with Crippen molar-refractivity contribution in [3.05, 3.63) is 71.7 Å². The van der Waals surface area contributed by atoms with Crippen molar-refractivity contribution >= 4 is 28.6 Å². The van der Waals surface area contributed by atoms with Gasteiger partial charge in [-0.05, 0) is 49.1 Å². The Morgan fingerprint density at radius 3 is 2.63 bits per heavy atom. The summed E-state index contributed by atoms with van der Waals surface area (Å²) in [6.07, 6.45) is 1.75. The van der Waals surface area contributed by atoms with Crippen LogP contribution in [0.2, 0.25) is 0 Å². The Balaban J connectivity index is 1.50. The molecule has 1 saturated heterocycles. The zero-order valence-electron chi connectivity index (χ0n) is 19.0. The lowest BCUT2D eigenvalue weighted by Gasteiger charge is -2.25. The summed E-state index contributed by atoms with van der Waals surface area (Å²) in [5.74, 6) is -1.93. The van der Waals surface area contributed by atoms with Gasteiger partial charge >= 0.3 is 0 Å². The van der Waals surface area contributed by atoms with Crippen LogP contribution < -0.4 is 16.0 Å². The Hall–Kier alpha value is -4.19. The maximum absolute atomic E-state index is 13.4. The van der Waals surface area contributed by atoms with Gasteiger partial charge in [0, 0.05) is 29.8 Å². The molecule has 8 nitrogen and oxygen atoms in total. The molecule has 9 heteroatoms. The van der Waals surface area contributed by atoms with Gasteiger partial charge in [0.05, 0.1) is 6.07 Å². The fraction of sp³-hybridized carbons (Fsp3) is 0.308. The number of hydrogen-bond acceptors (Lipinski definition) is 4. The maximum atomic E-state index is 13.4. The standard InChI is InChI=1S/C26H26FN5O3/c27-19-9-7-16(8-10-19)12-22(32-26(35)23-14-17-4-1-2-6-21(17)31-23)25(34)30-20(15-28)13-18-5-3-11-29-24(18)33/h1-2,4,6-10,14,18,20,22,31H,3,5,11-13H2,(H,29,33)(H,30,34)(H,32,35). The van der Waals surface area contributed by atoms with Gasteiger partial charge in [0.15, 0.2) is 0 Å². The molecule has 1 aliphatic rings. The third-order valence-corrected chi connectivity index (χ3v) is 6.14. The molecule has 0 spiro atoms. The van der Waals surface area contributed by atoms with Gasteiger partial charge < -0.3 is 20.9 Å². The SMILES string of the molecule is N#CC(CC1CCCNC1=O)NC(=O)C(Cc1ccc(F)cc1)NC(=O)c1cc2ccccc2[nH]1. The number of benzene rings is 2. The first-order chi connectivity index (χ1) is 16.9. The van der Waals surface area contributed by atoms with Crippen molar-refractivity contribution in [3.63, 3.8) is 0 Å². The first kappa shape index (κ1) is 24.0. The van der Waals surface area contributed by atoms with Gasteiger partial charge in [-0.15, -0.1) is 0 Å². The van der Waals surface area contributed by atoms with E-state index in [0.29, 0.717) is 24.2 Å². The van der Waals surface area contributed by atoms with E-state index in [4.69, 9.17) is 0 Å². The van der Waals surface area contributed by atoms with Crippen LogP contribution in [0.5, 0.6) is 0 Å². The Morgan fingerprint density at radius 2 is 1.91 bits per heavy atom. The lowest BCUT2D eigenvalue weighted by Crippen LogP contribution is -2.51. The van der Waals surface area contributed by atoms with Gasteiger partial charge in [0.25, 0.3) is 5.91 Å². The topological polar surface area (TPSA) is 127 Å². The average molecular weight is 476 g/mol. The molecule has 1 aliphatic heterocycles. The number of carbonyl (C=O) groups is 3. The van der Waals surface area contributed by atoms with Crippen LogP contribution in [0.4, 0.5) is 4.39 Å². The maximum Gasteiger partial charge on any atom is 0.268 e. The van der Waals surface area contributed by atoms with Crippen molar-refractivity contribution in [1.82, 2.24) is 20.9 Å². The van der Waals surface area contributed by atoms with Crippen molar-refractivity contribution < 1.29 is 18.8 Å². The number of nitrogens with zero attached hydrogens (tertiary/aromatic N) is 1. The molecule has 0 aliphatic carbocycles. The molecule has 3 amide bonds. The van der Waals surface area contributed by atoms with Crippen LogP contribution >= 0.6 is 0 Å². The molecule has 0 bridgehead atoms. The van der Waals surface area contributed by atoms with Crippen molar-refractivity contribution in [3.8, 4) is 6.07 Å². The second-order valence-corrected chi connectivity index (χ2v) is 8.68. The molecule has 4 N–H and O–H groups in total. The highest BCUT2D eigenvalue weighted by atomic mass is 19.1. The van der Waals surface area contributed by atoms with Gasteiger partial charge in [-0.1, -0.05) is 30.3 Å². The minimum atomic E-state index is -1.02. The molecule has 180 valence electrons. The summed E-state index contributed by atoms with van der Waals surface area (Å²) in [7, 11) is 0. The molecular formula is C26H26FN5O3. The van der Waals surface area contributed by atoms with E-state index in [2.05, 4.69) is 20.9 Å². The van der Waals surface area contributed by atoms with E-state index in [1.165, 1.54) is 12.1 Å². The summed E-state index contributed by atoms with van der Waals surface area (Å²) in [5, 5.41) is 18.6. The predicted octanol–water partition coefficient (Wildman–Crippen LogP) is 2.57. The molecular weight excluding hydrogens is 449 g/mol. The predicted molar refractivity (Wildman–Crippen MR) is 128 cm³/mol. The lowest BCUT2D eigenvalue weighted by molar-refractivity contribution is -0.128. The molecule has 4 rings (SSSR count). The number of amides is 3. The normalized spacial score (nSPS) is 17.1. The fourth-order valence-electron chi connectivity index (χ4n) is 4.26. The van der Waals surface area contributed by atoms with Crippen LogP contribution in [0.15, 0.2) is 54.6 Å². The first-order valence-corrected chi connectivity index (χ1v) is 11.5. The van der Waals surface area contributed by atoms with E-state index < -0.39 is 29.7 Å². The van der Waals surface area contributed by atoms with Crippen molar-refractivity contribution in [2.45, 2.75) is 37.8 Å². The molecule has 0 radical (unpaired) electrons. The van der Waals surface area contributed by atoms with Crippen LogP contribution in [-0.4, -0.2) is 41.3 Å². The van der Waals surface area contributed by atoms with Crippen molar-refractivity contribution in [1.29, 1.82) is 5.26 Å². The van der Waals surface area contributed by atoms with Crippen LogP contribution in [0.1, 0.15) is 35.3 Å². The number of aromatic amines is 1. The third-order valence-electron chi connectivity index (χ3n) is 6.14. The van der Waals surface area contributed by atoms with Crippen LogP contribution in [-0.2, 0) is 16.0 Å².